The lowest BCUT2D eigenvalue weighted by molar-refractivity contribution is 0.102. The molecule has 0 fully saturated rings. The van der Waals surface area contributed by atoms with E-state index in [2.05, 4.69) is 20.3 Å². The number of hydrogen-bond acceptors (Lipinski definition) is 4. The molecule has 0 aliphatic heterocycles. The van der Waals surface area contributed by atoms with Crippen LogP contribution in [-0.4, -0.2) is 20.9 Å². The number of rotatable bonds is 2. The van der Waals surface area contributed by atoms with Crippen LogP contribution in [0.3, 0.4) is 0 Å². The highest BCUT2D eigenvalue weighted by Gasteiger charge is 2.07. The van der Waals surface area contributed by atoms with E-state index in [1.165, 1.54) is 24.8 Å². The first-order valence-corrected chi connectivity index (χ1v) is 4.82. The summed E-state index contributed by atoms with van der Waals surface area (Å²) >= 11 is 5.68. The van der Waals surface area contributed by atoms with Crippen LogP contribution in [0.25, 0.3) is 0 Å². The summed E-state index contributed by atoms with van der Waals surface area (Å²) in [6.45, 7) is 0. The first-order valence-electron chi connectivity index (χ1n) is 4.44. The summed E-state index contributed by atoms with van der Waals surface area (Å²) in [5.41, 5.74) is 0.811. The standard InChI is InChI=1S/C10H7ClN4O/c11-9-5-7(1-2-14-9)15-10(16)8-6-12-3-4-13-8/h1-6H,(H,14,15,16). The number of nitrogens with one attached hydrogen (secondary N) is 1. The van der Waals surface area contributed by atoms with Crippen molar-refractivity contribution in [1.82, 2.24) is 15.0 Å². The summed E-state index contributed by atoms with van der Waals surface area (Å²) in [5.74, 6) is -0.338. The van der Waals surface area contributed by atoms with Crippen LogP contribution in [-0.2, 0) is 0 Å². The third-order valence-corrected chi connectivity index (χ3v) is 1.99. The molecular weight excluding hydrogens is 228 g/mol. The van der Waals surface area contributed by atoms with Gasteiger partial charge in [-0.05, 0) is 12.1 Å². The number of carbonyl (C=O) groups excluding carboxylic acids is 1. The number of halogens is 1. The molecule has 0 spiro atoms. The van der Waals surface area contributed by atoms with Gasteiger partial charge in [0.05, 0.1) is 6.20 Å². The number of anilines is 1. The fourth-order valence-corrected chi connectivity index (χ4v) is 1.27. The smallest absolute Gasteiger partial charge is 0.275 e. The second kappa shape index (κ2) is 4.67. The van der Waals surface area contributed by atoms with Gasteiger partial charge in [-0.15, -0.1) is 0 Å². The average Bonchev–Trinajstić information content (AvgIpc) is 2.30. The Morgan fingerprint density at radius 1 is 1.25 bits per heavy atom. The minimum Gasteiger partial charge on any atom is -0.320 e. The van der Waals surface area contributed by atoms with Crippen molar-refractivity contribution in [2.75, 3.05) is 5.32 Å². The third-order valence-electron chi connectivity index (χ3n) is 1.78. The highest BCUT2D eigenvalue weighted by atomic mass is 35.5. The zero-order valence-electron chi connectivity index (χ0n) is 8.09. The van der Waals surface area contributed by atoms with Gasteiger partial charge in [0.1, 0.15) is 10.8 Å². The Morgan fingerprint density at radius 3 is 2.81 bits per heavy atom. The molecule has 2 aromatic rings. The van der Waals surface area contributed by atoms with Crippen molar-refractivity contribution in [2.24, 2.45) is 0 Å². The van der Waals surface area contributed by atoms with Crippen molar-refractivity contribution in [3.05, 3.63) is 47.8 Å². The van der Waals surface area contributed by atoms with Gasteiger partial charge in [0, 0.05) is 24.3 Å². The van der Waals surface area contributed by atoms with E-state index in [1.807, 2.05) is 0 Å². The highest BCUT2D eigenvalue weighted by molar-refractivity contribution is 6.29. The fraction of sp³-hybridized carbons (Fsp3) is 0. The van der Waals surface area contributed by atoms with E-state index < -0.39 is 0 Å². The molecule has 0 aromatic carbocycles. The Labute approximate surface area is 96.5 Å². The Bertz CT molecular complexity index is 503. The minimum absolute atomic E-state index is 0.246. The van der Waals surface area contributed by atoms with E-state index in [-0.39, 0.29) is 11.6 Å². The van der Waals surface area contributed by atoms with Crippen LogP contribution in [0.5, 0.6) is 0 Å². The maximum absolute atomic E-state index is 11.6. The molecule has 0 bridgehead atoms. The second-order valence-corrected chi connectivity index (χ2v) is 3.30. The van der Waals surface area contributed by atoms with E-state index in [1.54, 1.807) is 12.1 Å². The highest BCUT2D eigenvalue weighted by Crippen LogP contribution is 2.12. The Balaban J connectivity index is 2.14. The number of aromatic nitrogens is 3. The van der Waals surface area contributed by atoms with Crippen LogP contribution in [0.15, 0.2) is 36.9 Å². The molecule has 0 saturated carbocycles. The zero-order chi connectivity index (χ0) is 11.4. The van der Waals surface area contributed by atoms with Crippen molar-refractivity contribution >= 4 is 23.2 Å². The van der Waals surface area contributed by atoms with Crippen LogP contribution < -0.4 is 5.32 Å². The van der Waals surface area contributed by atoms with Crippen molar-refractivity contribution in [3.63, 3.8) is 0 Å². The second-order valence-electron chi connectivity index (χ2n) is 2.91. The number of nitrogens with zero attached hydrogens (tertiary/aromatic N) is 3. The number of carbonyl (C=O) groups is 1. The molecule has 0 atom stereocenters. The van der Waals surface area contributed by atoms with Crippen molar-refractivity contribution < 1.29 is 4.79 Å². The summed E-state index contributed by atoms with van der Waals surface area (Å²) < 4.78 is 0. The van der Waals surface area contributed by atoms with Gasteiger partial charge in [0.2, 0.25) is 0 Å². The molecule has 2 aromatic heterocycles. The summed E-state index contributed by atoms with van der Waals surface area (Å²) in [5, 5.41) is 2.95. The van der Waals surface area contributed by atoms with Gasteiger partial charge in [0.25, 0.3) is 5.91 Å². The average molecular weight is 235 g/mol. The molecule has 2 rings (SSSR count). The minimum atomic E-state index is -0.338. The summed E-state index contributed by atoms with van der Waals surface area (Å²) in [7, 11) is 0. The number of pyridine rings is 1. The largest absolute Gasteiger partial charge is 0.320 e. The van der Waals surface area contributed by atoms with Crippen LogP contribution in [0.1, 0.15) is 10.5 Å². The predicted molar refractivity (Wildman–Crippen MR) is 59.2 cm³/mol. The van der Waals surface area contributed by atoms with Crippen molar-refractivity contribution in [1.29, 1.82) is 0 Å². The third kappa shape index (κ3) is 2.52. The molecule has 0 radical (unpaired) electrons. The number of hydrogen-bond donors (Lipinski definition) is 1. The lowest BCUT2D eigenvalue weighted by atomic mass is 10.3. The van der Waals surface area contributed by atoms with Crippen molar-refractivity contribution in [3.8, 4) is 0 Å². The molecule has 0 unspecified atom stereocenters. The van der Waals surface area contributed by atoms with Crippen LogP contribution in [0.4, 0.5) is 5.69 Å². The molecule has 0 aliphatic rings. The summed E-state index contributed by atoms with van der Waals surface area (Å²) in [4.78, 5) is 23.1. The first kappa shape index (κ1) is 10.5. The first-order chi connectivity index (χ1) is 7.75. The van der Waals surface area contributed by atoms with Gasteiger partial charge in [-0.2, -0.15) is 0 Å². The SMILES string of the molecule is O=C(Nc1ccnc(Cl)c1)c1cnccn1. The maximum Gasteiger partial charge on any atom is 0.275 e. The molecule has 2 heterocycles. The van der Waals surface area contributed by atoms with E-state index in [0.29, 0.717) is 10.8 Å². The van der Waals surface area contributed by atoms with Crippen LogP contribution in [0.2, 0.25) is 5.15 Å². The van der Waals surface area contributed by atoms with E-state index in [0.717, 1.165) is 0 Å². The maximum atomic E-state index is 11.6. The Kier molecular flexibility index (Phi) is 3.07. The van der Waals surface area contributed by atoms with Crippen molar-refractivity contribution in [2.45, 2.75) is 0 Å². The van der Waals surface area contributed by atoms with Gasteiger partial charge >= 0.3 is 0 Å². The lowest BCUT2D eigenvalue weighted by Crippen LogP contribution is -2.13. The molecule has 1 amide bonds. The van der Waals surface area contributed by atoms with Gasteiger partial charge in [-0.25, -0.2) is 9.97 Å². The van der Waals surface area contributed by atoms with Gasteiger partial charge in [0.15, 0.2) is 0 Å². The van der Waals surface area contributed by atoms with Gasteiger partial charge < -0.3 is 5.32 Å². The summed E-state index contributed by atoms with van der Waals surface area (Å²) in [6, 6.07) is 3.19. The Morgan fingerprint density at radius 2 is 2.12 bits per heavy atom. The van der Waals surface area contributed by atoms with E-state index >= 15 is 0 Å². The molecule has 1 N–H and O–H groups in total. The molecule has 0 saturated heterocycles. The molecule has 80 valence electrons. The molecule has 5 nitrogen and oxygen atoms in total. The quantitative estimate of drug-likeness (QED) is 0.805. The van der Waals surface area contributed by atoms with E-state index in [9.17, 15) is 4.79 Å². The topological polar surface area (TPSA) is 67.8 Å². The van der Waals surface area contributed by atoms with Gasteiger partial charge in [-0.3, -0.25) is 9.78 Å². The molecular formula is C10H7ClN4O. The predicted octanol–water partition coefficient (Wildman–Crippen LogP) is 1.78. The fourth-order valence-electron chi connectivity index (χ4n) is 1.09. The van der Waals surface area contributed by atoms with Crippen LogP contribution in [0, 0.1) is 0 Å². The Hall–Kier alpha value is -2.01. The molecule has 16 heavy (non-hydrogen) atoms. The molecule has 6 heteroatoms. The van der Waals surface area contributed by atoms with E-state index in [4.69, 9.17) is 11.6 Å². The van der Waals surface area contributed by atoms with Crippen LogP contribution >= 0.6 is 11.6 Å². The monoisotopic (exact) mass is 234 g/mol. The number of amides is 1. The normalized spacial score (nSPS) is 9.81. The zero-order valence-corrected chi connectivity index (χ0v) is 8.85. The summed E-state index contributed by atoms with van der Waals surface area (Å²) in [6.07, 6.45) is 5.85. The molecule has 0 aliphatic carbocycles. The van der Waals surface area contributed by atoms with Gasteiger partial charge in [-0.1, -0.05) is 11.6 Å². The lowest BCUT2D eigenvalue weighted by Gasteiger charge is -2.03.